The third kappa shape index (κ3) is 5.91. The summed E-state index contributed by atoms with van der Waals surface area (Å²) in [7, 11) is -4.79. The van der Waals surface area contributed by atoms with Crippen LogP contribution in [0.25, 0.3) is 11.1 Å². The first-order valence-electron chi connectivity index (χ1n) is 12.6. The second-order valence-electron chi connectivity index (χ2n) is 9.44. The van der Waals surface area contributed by atoms with Crippen LogP contribution in [0.4, 0.5) is 37.7 Å². The largest absolute Gasteiger partial charge is 0.474 e. The van der Waals surface area contributed by atoms with Crippen LogP contribution < -0.4 is 24.0 Å². The Kier molecular flexibility index (Phi) is 8.13. The molecule has 0 amide bonds. The molecule has 2 aromatic carbocycles. The van der Waals surface area contributed by atoms with Crippen LogP contribution >= 0.6 is 0 Å². The number of pyridine rings is 1. The monoisotopic (exact) mass is 618 g/mol. The molecule has 1 fully saturated rings. The molecule has 16 heteroatoms. The van der Waals surface area contributed by atoms with Gasteiger partial charge >= 0.3 is 12.8 Å². The molecule has 0 bridgehead atoms. The maximum atomic E-state index is 14.3. The molecule has 1 atom stereocenters. The molecule has 0 aliphatic carbocycles. The smallest absolute Gasteiger partial charge is 0.417 e. The van der Waals surface area contributed by atoms with E-state index in [-0.39, 0.29) is 23.4 Å². The summed E-state index contributed by atoms with van der Waals surface area (Å²) >= 11 is 0. The highest BCUT2D eigenvalue weighted by Gasteiger charge is 2.41. The number of aliphatic hydroxyl groups excluding tert-OH is 1. The van der Waals surface area contributed by atoms with Crippen molar-refractivity contribution >= 4 is 21.4 Å². The highest BCUT2D eigenvalue weighted by Crippen LogP contribution is 2.43. The number of anilines is 2. The zero-order valence-electron chi connectivity index (χ0n) is 21.6. The van der Waals surface area contributed by atoms with Crippen LogP contribution in [0.2, 0.25) is 0 Å². The number of alkyl halides is 5. The molecule has 2 N–H and O–H groups in total. The lowest BCUT2D eigenvalue weighted by molar-refractivity contribution is -0.138. The van der Waals surface area contributed by atoms with Gasteiger partial charge < -0.3 is 24.8 Å². The second kappa shape index (κ2) is 11.5. The predicted octanol–water partition coefficient (Wildman–Crippen LogP) is 3.87. The fourth-order valence-electron chi connectivity index (χ4n) is 4.95. The van der Waals surface area contributed by atoms with E-state index < -0.39 is 70.0 Å². The molecule has 2 aliphatic rings. The summed E-state index contributed by atoms with van der Waals surface area (Å²) in [6.07, 6.45) is -4.48. The number of halogens is 6. The Morgan fingerprint density at radius 3 is 2.60 bits per heavy atom. The van der Waals surface area contributed by atoms with Crippen molar-refractivity contribution in [1.82, 2.24) is 10.3 Å². The van der Waals surface area contributed by atoms with Crippen LogP contribution in [-0.4, -0.2) is 70.6 Å². The average Bonchev–Trinajstić information content (AvgIpc) is 2.94. The van der Waals surface area contributed by atoms with Crippen LogP contribution in [-0.2, 0) is 16.2 Å². The zero-order chi connectivity index (χ0) is 30.2. The van der Waals surface area contributed by atoms with Crippen molar-refractivity contribution in [3.8, 4) is 22.8 Å². The van der Waals surface area contributed by atoms with Gasteiger partial charge in [0.25, 0.3) is 10.0 Å². The summed E-state index contributed by atoms with van der Waals surface area (Å²) in [4.78, 5) is 4.68. The first-order valence-corrected chi connectivity index (χ1v) is 14.0. The lowest BCUT2D eigenvalue weighted by atomic mass is 10.0. The molecule has 226 valence electrons. The summed E-state index contributed by atoms with van der Waals surface area (Å²) in [5.74, 6) is -1.96. The molecule has 0 spiro atoms. The van der Waals surface area contributed by atoms with Gasteiger partial charge in [0.1, 0.15) is 18.2 Å². The first kappa shape index (κ1) is 29.7. The third-order valence-corrected chi connectivity index (χ3v) is 8.53. The van der Waals surface area contributed by atoms with E-state index in [0.717, 1.165) is 22.5 Å². The normalized spacial score (nSPS) is 17.2. The highest BCUT2D eigenvalue weighted by atomic mass is 32.2. The Hall–Kier alpha value is -3.76. The van der Waals surface area contributed by atoms with E-state index in [0.29, 0.717) is 37.6 Å². The average molecular weight is 619 g/mol. The lowest BCUT2D eigenvalue weighted by Crippen LogP contribution is -2.59. The number of nitrogens with one attached hydrogen (secondary N) is 1. The predicted molar refractivity (Wildman–Crippen MR) is 139 cm³/mol. The minimum absolute atomic E-state index is 0.0664. The zero-order valence-corrected chi connectivity index (χ0v) is 22.4. The standard InChI is InChI=1S/C26H24F6N4O5S/c27-18-7-16(8-20(11-18)41-25(28)29)15-1-2-21-22(9-15)36(14-19-13-33-3-4-35(19)21)42(38,39)23-10-17(26(30,31)32)12-34-24(23)40-6-5-37/h1-2,7-12,19,25,33,37H,3-6,13-14H2/t19-/m0/s1. The number of hydrogen-bond donors (Lipinski definition) is 2. The number of hydrogen-bond acceptors (Lipinski definition) is 8. The topological polar surface area (TPSA) is 104 Å². The van der Waals surface area contributed by atoms with Gasteiger partial charge in [-0.15, -0.1) is 0 Å². The number of sulfonamides is 1. The first-order chi connectivity index (χ1) is 19.9. The van der Waals surface area contributed by atoms with Crippen molar-refractivity contribution < 1.29 is 49.3 Å². The Balaban J connectivity index is 1.66. The Morgan fingerprint density at radius 2 is 1.88 bits per heavy atom. The summed E-state index contributed by atoms with van der Waals surface area (Å²) < 4.78 is 119. The van der Waals surface area contributed by atoms with Crippen LogP contribution in [0.1, 0.15) is 5.56 Å². The molecule has 0 unspecified atom stereocenters. The van der Waals surface area contributed by atoms with Gasteiger partial charge in [-0.3, -0.25) is 4.31 Å². The van der Waals surface area contributed by atoms with Gasteiger partial charge in [0.05, 0.1) is 36.1 Å². The van der Waals surface area contributed by atoms with Gasteiger partial charge in [0, 0.05) is 31.9 Å². The van der Waals surface area contributed by atoms with Gasteiger partial charge in [0.2, 0.25) is 5.88 Å². The molecular formula is C26H24F6N4O5S. The molecule has 1 aromatic heterocycles. The number of rotatable bonds is 8. The van der Waals surface area contributed by atoms with Gasteiger partial charge in [-0.2, -0.15) is 22.0 Å². The van der Waals surface area contributed by atoms with Crippen molar-refractivity contribution in [3.05, 3.63) is 60.0 Å². The van der Waals surface area contributed by atoms with Crippen LogP contribution in [0.5, 0.6) is 11.6 Å². The van der Waals surface area contributed by atoms with E-state index in [4.69, 9.17) is 9.84 Å². The van der Waals surface area contributed by atoms with Gasteiger partial charge in [-0.25, -0.2) is 17.8 Å². The number of aromatic nitrogens is 1. The molecule has 1 saturated heterocycles. The van der Waals surface area contributed by atoms with E-state index in [2.05, 4.69) is 15.0 Å². The molecule has 42 heavy (non-hydrogen) atoms. The summed E-state index contributed by atoms with van der Waals surface area (Å²) in [6, 6.07) is 7.52. The van der Waals surface area contributed by atoms with E-state index >= 15 is 0 Å². The molecule has 3 aromatic rings. The van der Waals surface area contributed by atoms with Crippen LogP contribution in [0, 0.1) is 5.82 Å². The van der Waals surface area contributed by atoms with Crippen molar-refractivity contribution in [2.45, 2.75) is 23.7 Å². The number of piperazine rings is 1. The molecule has 5 rings (SSSR count). The number of fused-ring (bicyclic) bond motifs is 3. The van der Waals surface area contributed by atoms with Crippen LogP contribution in [0.15, 0.2) is 53.6 Å². The van der Waals surface area contributed by atoms with Gasteiger partial charge in [-0.1, -0.05) is 6.07 Å². The molecule has 3 heterocycles. The fraction of sp³-hybridized carbons (Fsp3) is 0.346. The highest BCUT2D eigenvalue weighted by molar-refractivity contribution is 7.93. The molecule has 2 aliphatic heterocycles. The maximum Gasteiger partial charge on any atom is 0.417 e. The second-order valence-corrected chi connectivity index (χ2v) is 11.3. The lowest BCUT2D eigenvalue weighted by Gasteiger charge is -2.46. The molecule has 9 nitrogen and oxygen atoms in total. The van der Waals surface area contributed by atoms with E-state index in [1.165, 1.54) is 6.07 Å². The number of benzene rings is 2. The van der Waals surface area contributed by atoms with Gasteiger partial charge in [0.15, 0.2) is 4.90 Å². The van der Waals surface area contributed by atoms with Crippen molar-refractivity contribution in [1.29, 1.82) is 0 Å². The quantitative estimate of drug-likeness (QED) is 0.367. The fourth-order valence-corrected chi connectivity index (χ4v) is 6.56. The third-order valence-electron chi connectivity index (χ3n) is 6.75. The molecule has 0 radical (unpaired) electrons. The summed E-state index contributed by atoms with van der Waals surface area (Å²) in [5, 5.41) is 12.3. The summed E-state index contributed by atoms with van der Waals surface area (Å²) in [6.45, 7) is -2.91. The van der Waals surface area contributed by atoms with Gasteiger partial charge in [-0.05, 0) is 41.5 Å². The van der Waals surface area contributed by atoms with Crippen molar-refractivity contribution in [3.63, 3.8) is 0 Å². The van der Waals surface area contributed by atoms with E-state index in [1.807, 2.05) is 4.90 Å². The SMILES string of the molecule is O=S(=O)(c1cc(C(F)(F)F)cnc1OCCO)N1C[C@@H]2CNCCN2c2ccc(-c3cc(F)cc(OC(F)F)c3)cc21. The van der Waals surface area contributed by atoms with Crippen molar-refractivity contribution in [2.24, 2.45) is 0 Å². The minimum atomic E-state index is -4.92. The summed E-state index contributed by atoms with van der Waals surface area (Å²) in [5.41, 5.74) is -0.480. The van der Waals surface area contributed by atoms with Crippen molar-refractivity contribution in [2.75, 3.05) is 48.6 Å². The Bertz CT molecular complexity index is 1570. The number of ether oxygens (including phenoxy) is 2. The molecular weight excluding hydrogens is 594 g/mol. The number of aliphatic hydroxyl groups is 1. The number of nitrogens with zero attached hydrogens (tertiary/aromatic N) is 3. The van der Waals surface area contributed by atoms with E-state index in [9.17, 15) is 34.8 Å². The maximum absolute atomic E-state index is 14.3. The Morgan fingerprint density at radius 1 is 1.10 bits per heavy atom. The molecule has 0 saturated carbocycles. The van der Waals surface area contributed by atoms with Crippen LogP contribution in [0.3, 0.4) is 0 Å². The van der Waals surface area contributed by atoms with E-state index in [1.54, 1.807) is 12.1 Å². The Labute approximate surface area is 236 Å². The minimum Gasteiger partial charge on any atom is -0.474 e.